The van der Waals surface area contributed by atoms with Gasteiger partial charge < -0.3 is 15.6 Å². The first-order valence-corrected chi connectivity index (χ1v) is 5.54. The van der Waals surface area contributed by atoms with Crippen LogP contribution in [0.5, 0.6) is 5.75 Å². The van der Waals surface area contributed by atoms with Gasteiger partial charge in [0.25, 0.3) is 0 Å². The maximum Gasteiger partial charge on any atom is 0.323 e. The number of hydrogen-bond donors (Lipinski definition) is 2. The first-order chi connectivity index (χ1) is 7.78. The Kier molecular flexibility index (Phi) is 4.12. The molecule has 0 bridgehead atoms. The Morgan fingerprint density at radius 1 is 1.47 bits per heavy atom. The van der Waals surface area contributed by atoms with Gasteiger partial charge >= 0.3 is 5.97 Å². The van der Waals surface area contributed by atoms with Gasteiger partial charge in [0, 0.05) is 0 Å². The largest absolute Gasteiger partial charge is 0.508 e. The second-order valence-corrected chi connectivity index (χ2v) is 5.01. The van der Waals surface area contributed by atoms with Gasteiger partial charge in [-0.2, -0.15) is 0 Å². The summed E-state index contributed by atoms with van der Waals surface area (Å²) in [7, 11) is 0. The Balaban J connectivity index is 2.60. The third-order valence-electron chi connectivity index (χ3n) is 2.08. The molecule has 0 aliphatic rings. The smallest absolute Gasteiger partial charge is 0.323 e. The van der Waals surface area contributed by atoms with Crippen molar-refractivity contribution in [1.29, 1.82) is 0 Å². The Bertz CT molecular complexity index is 396. The molecule has 3 N–H and O–H groups in total. The molecule has 0 aliphatic carbocycles. The van der Waals surface area contributed by atoms with Crippen molar-refractivity contribution in [3.8, 4) is 5.75 Å². The molecular weight excluding hydrogens is 218 g/mol. The van der Waals surface area contributed by atoms with Crippen molar-refractivity contribution < 1.29 is 14.6 Å². The monoisotopic (exact) mass is 237 g/mol. The standard InChI is InChI=1S/C13H19NO3/c1-13(2,3)17-12(16)11(14)8-9-5-4-6-10(15)7-9/h4-7,11,15H,8,14H2,1-3H3/t11-/m1/s1. The van der Waals surface area contributed by atoms with Crippen LogP contribution in [0.4, 0.5) is 0 Å². The van der Waals surface area contributed by atoms with Gasteiger partial charge in [-0.25, -0.2) is 0 Å². The van der Waals surface area contributed by atoms with Gasteiger partial charge in [0.15, 0.2) is 0 Å². The summed E-state index contributed by atoms with van der Waals surface area (Å²) in [5.41, 5.74) is 6.02. The number of carbonyl (C=O) groups is 1. The minimum Gasteiger partial charge on any atom is -0.508 e. The number of aromatic hydroxyl groups is 1. The summed E-state index contributed by atoms with van der Waals surface area (Å²) in [6.45, 7) is 5.39. The molecule has 0 heterocycles. The molecule has 0 unspecified atom stereocenters. The van der Waals surface area contributed by atoms with Crippen LogP contribution in [-0.4, -0.2) is 22.7 Å². The minimum atomic E-state index is -0.712. The van der Waals surface area contributed by atoms with Crippen molar-refractivity contribution in [3.63, 3.8) is 0 Å². The van der Waals surface area contributed by atoms with E-state index in [0.717, 1.165) is 5.56 Å². The number of phenolic OH excluding ortho intramolecular Hbond substituents is 1. The molecule has 0 aliphatic heterocycles. The van der Waals surface area contributed by atoms with Crippen LogP contribution in [0.15, 0.2) is 24.3 Å². The SMILES string of the molecule is CC(C)(C)OC(=O)[C@H](N)Cc1cccc(O)c1. The summed E-state index contributed by atoms with van der Waals surface area (Å²) in [6.07, 6.45) is 0.351. The molecular formula is C13H19NO3. The maximum atomic E-state index is 11.6. The van der Waals surface area contributed by atoms with E-state index in [1.54, 1.807) is 39.0 Å². The van der Waals surface area contributed by atoms with Crippen LogP contribution in [0.1, 0.15) is 26.3 Å². The Labute approximate surface area is 101 Å². The zero-order valence-corrected chi connectivity index (χ0v) is 10.4. The number of rotatable bonds is 3. The van der Waals surface area contributed by atoms with Crippen LogP contribution in [0.2, 0.25) is 0 Å². The van der Waals surface area contributed by atoms with Crippen molar-refractivity contribution >= 4 is 5.97 Å². The van der Waals surface area contributed by atoms with Crippen LogP contribution in [0.25, 0.3) is 0 Å². The summed E-state index contributed by atoms with van der Waals surface area (Å²) in [6, 6.07) is 5.97. The highest BCUT2D eigenvalue weighted by molar-refractivity contribution is 5.76. The number of ether oxygens (including phenoxy) is 1. The summed E-state index contributed by atoms with van der Waals surface area (Å²) >= 11 is 0. The lowest BCUT2D eigenvalue weighted by atomic mass is 10.1. The van der Waals surface area contributed by atoms with E-state index in [2.05, 4.69) is 0 Å². The summed E-state index contributed by atoms with van der Waals surface area (Å²) in [5.74, 6) is -0.264. The number of phenols is 1. The fourth-order valence-corrected chi connectivity index (χ4v) is 1.40. The second-order valence-electron chi connectivity index (χ2n) is 5.01. The van der Waals surface area contributed by atoms with Crippen LogP contribution in [0, 0.1) is 0 Å². The predicted octanol–water partition coefficient (Wildman–Crippen LogP) is 1.60. The van der Waals surface area contributed by atoms with E-state index in [1.807, 2.05) is 6.07 Å². The molecule has 0 radical (unpaired) electrons. The zero-order chi connectivity index (χ0) is 13.1. The highest BCUT2D eigenvalue weighted by Crippen LogP contribution is 2.14. The van der Waals surface area contributed by atoms with Crippen molar-refractivity contribution in [2.24, 2.45) is 5.73 Å². The van der Waals surface area contributed by atoms with E-state index in [-0.39, 0.29) is 5.75 Å². The molecule has 0 fully saturated rings. The van der Waals surface area contributed by atoms with Gasteiger partial charge in [-0.05, 0) is 44.9 Å². The molecule has 0 saturated carbocycles. The van der Waals surface area contributed by atoms with E-state index in [4.69, 9.17) is 10.5 Å². The van der Waals surface area contributed by atoms with Gasteiger partial charge in [0.1, 0.15) is 17.4 Å². The molecule has 17 heavy (non-hydrogen) atoms. The molecule has 4 nitrogen and oxygen atoms in total. The van der Waals surface area contributed by atoms with Crippen molar-refractivity contribution in [1.82, 2.24) is 0 Å². The highest BCUT2D eigenvalue weighted by Gasteiger charge is 2.22. The molecule has 0 spiro atoms. The third-order valence-corrected chi connectivity index (χ3v) is 2.08. The van der Waals surface area contributed by atoms with Crippen molar-refractivity contribution in [2.75, 3.05) is 0 Å². The molecule has 0 saturated heterocycles. The molecule has 1 aromatic carbocycles. The number of nitrogens with two attached hydrogens (primary N) is 1. The molecule has 1 aromatic rings. The minimum absolute atomic E-state index is 0.166. The maximum absolute atomic E-state index is 11.6. The van der Waals surface area contributed by atoms with E-state index >= 15 is 0 Å². The van der Waals surface area contributed by atoms with E-state index in [1.165, 1.54) is 0 Å². The lowest BCUT2D eigenvalue weighted by molar-refractivity contribution is -0.156. The van der Waals surface area contributed by atoms with Gasteiger partial charge in [-0.1, -0.05) is 12.1 Å². The second kappa shape index (κ2) is 5.19. The molecule has 1 atom stereocenters. The van der Waals surface area contributed by atoms with Crippen LogP contribution >= 0.6 is 0 Å². The molecule has 4 heteroatoms. The van der Waals surface area contributed by atoms with E-state index in [0.29, 0.717) is 6.42 Å². The summed E-state index contributed by atoms with van der Waals surface area (Å²) in [4.78, 5) is 11.6. The van der Waals surface area contributed by atoms with E-state index < -0.39 is 17.6 Å². The van der Waals surface area contributed by atoms with Crippen LogP contribution < -0.4 is 5.73 Å². The topological polar surface area (TPSA) is 72.5 Å². The van der Waals surface area contributed by atoms with Gasteiger partial charge in [0.05, 0.1) is 0 Å². The van der Waals surface area contributed by atoms with Crippen molar-refractivity contribution in [3.05, 3.63) is 29.8 Å². The molecule has 0 aromatic heterocycles. The van der Waals surface area contributed by atoms with Gasteiger partial charge in [-0.3, -0.25) is 4.79 Å². The molecule has 0 amide bonds. The first-order valence-electron chi connectivity index (χ1n) is 5.54. The average Bonchev–Trinajstić information content (AvgIpc) is 2.14. The third kappa shape index (κ3) is 4.87. The number of carbonyl (C=O) groups excluding carboxylic acids is 1. The molecule has 94 valence electrons. The summed E-state index contributed by atoms with van der Waals surface area (Å²) in [5, 5.41) is 9.29. The van der Waals surface area contributed by atoms with E-state index in [9.17, 15) is 9.90 Å². The Morgan fingerprint density at radius 2 is 2.12 bits per heavy atom. The Hall–Kier alpha value is -1.55. The fourth-order valence-electron chi connectivity index (χ4n) is 1.40. The van der Waals surface area contributed by atoms with Crippen LogP contribution in [-0.2, 0) is 16.0 Å². The average molecular weight is 237 g/mol. The summed E-state index contributed by atoms with van der Waals surface area (Å²) < 4.78 is 5.18. The molecule has 1 rings (SSSR count). The number of esters is 1. The Morgan fingerprint density at radius 3 is 2.65 bits per heavy atom. The first kappa shape index (κ1) is 13.5. The predicted molar refractivity (Wildman–Crippen MR) is 65.6 cm³/mol. The van der Waals surface area contributed by atoms with Gasteiger partial charge in [0.2, 0.25) is 0 Å². The quantitative estimate of drug-likeness (QED) is 0.783. The lowest BCUT2D eigenvalue weighted by Gasteiger charge is -2.22. The number of benzene rings is 1. The lowest BCUT2D eigenvalue weighted by Crippen LogP contribution is -2.38. The normalized spacial score (nSPS) is 13.2. The van der Waals surface area contributed by atoms with Crippen LogP contribution in [0.3, 0.4) is 0 Å². The highest BCUT2D eigenvalue weighted by atomic mass is 16.6. The fraction of sp³-hybridized carbons (Fsp3) is 0.462. The number of hydrogen-bond acceptors (Lipinski definition) is 4. The zero-order valence-electron chi connectivity index (χ0n) is 10.4. The van der Waals surface area contributed by atoms with Crippen molar-refractivity contribution in [2.45, 2.75) is 38.8 Å². The van der Waals surface area contributed by atoms with Gasteiger partial charge in [-0.15, -0.1) is 0 Å².